The van der Waals surface area contributed by atoms with E-state index in [4.69, 9.17) is 0 Å². The Morgan fingerprint density at radius 2 is 2.14 bits per heavy atom. The molecule has 1 amide bonds. The molecule has 1 aromatic heterocycles. The van der Waals surface area contributed by atoms with Crippen LogP contribution in [0.5, 0.6) is 0 Å². The monoisotopic (exact) mass is 366 g/mol. The predicted octanol–water partition coefficient (Wildman–Crippen LogP) is 3.27. The van der Waals surface area contributed by atoms with E-state index in [1.807, 2.05) is 35.8 Å². The normalized spacial score (nSPS) is 10.4. The van der Waals surface area contributed by atoms with Gasteiger partial charge in [0.15, 0.2) is 5.16 Å². The van der Waals surface area contributed by atoms with E-state index in [9.17, 15) is 4.79 Å². The molecule has 0 saturated carbocycles. The molecule has 5 nitrogen and oxygen atoms in total. The molecule has 2 aromatic rings. The molecule has 0 unspecified atom stereocenters. The first kappa shape index (κ1) is 15.8. The second-order valence-corrected chi connectivity index (χ2v) is 6.13. The second-order valence-electron chi connectivity index (χ2n) is 4.27. The van der Waals surface area contributed by atoms with Crippen LogP contribution in [0.3, 0.4) is 0 Å². The van der Waals surface area contributed by atoms with Crippen LogP contribution in [-0.2, 0) is 11.3 Å². The highest BCUT2D eigenvalue weighted by molar-refractivity contribution is 9.10. The van der Waals surface area contributed by atoms with Crippen molar-refractivity contribution < 1.29 is 4.79 Å². The van der Waals surface area contributed by atoms with E-state index in [1.165, 1.54) is 11.8 Å². The van der Waals surface area contributed by atoms with Crippen molar-refractivity contribution in [3.05, 3.63) is 47.2 Å². The first-order valence-electron chi connectivity index (χ1n) is 6.29. The number of nitrogens with zero attached hydrogens (tertiary/aromatic N) is 3. The average Bonchev–Trinajstić information content (AvgIpc) is 2.81. The van der Waals surface area contributed by atoms with E-state index in [0.717, 1.165) is 21.1 Å². The van der Waals surface area contributed by atoms with Gasteiger partial charge < -0.3 is 9.88 Å². The molecule has 0 atom stereocenters. The molecule has 0 bridgehead atoms. The third kappa shape index (κ3) is 4.44. The van der Waals surface area contributed by atoms with Gasteiger partial charge in [0.2, 0.25) is 5.91 Å². The summed E-state index contributed by atoms with van der Waals surface area (Å²) in [5.74, 6) is 1.02. The van der Waals surface area contributed by atoms with Crippen LogP contribution in [0.2, 0.25) is 0 Å². The summed E-state index contributed by atoms with van der Waals surface area (Å²) in [7, 11) is 0. The number of allylic oxidation sites excluding steroid dienone is 1. The Kier molecular flexibility index (Phi) is 5.58. The van der Waals surface area contributed by atoms with Gasteiger partial charge in [0.05, 0.1) is 5.75 Å². The van der Waals surface area contributed by atoms with E-state index < -0.39 is 0 Å². The van der Waals surface area contributed by atoms with Gasteiger partial charge in [-0.3, -0.25) is 4.79 Å². The maximum atomic E-state index is 11.9. The average molecular weight is 367 g/mol. The molecule has 1 N–H and O–H groups in total. The van der Waals surface area contributed by atoms with Gasteiger partial charge in [-0.2, -0.15) is 0 Å². The topological polar surface area (TPSA) is 59.8 Å². The summed E-state index contributed by atoms with van der Waals surface area (Å²) in [5.41, 5.74) is 0.771. The van der Waals surface area contributed by atoms with Crippen LogP contribution in [0.1, 0.15) is 5.82 Å². The number of aryl methyl sites for hydroxylation is 1. The minimum Gasteiger partial charge on any atom is -0.325 e. The van der Waals surface area contributed by atoms with Crippen molar-refractivity contribution in [2.75, 3.05) is 11.1 Å². The molecule has 1 heterocycles. The van der Waals surface area contributed by atoms with Gasteiger partial charge in [0, 0.05) is 16.7 Å². The number of amides is 1. The van der Waals surface area contributed by atoms with E-state index in [2.05, 4.69) is 38.0 Å². The third-order valence-corrected chi connectivity index (χ3v) is 4.17. The highest BCUT2D eigenvalue weighted by Crippen LogP contribution is 2.18. The van der Waals surface area contributed by atoms with E-state index in [-0.39, 0.29) is 11.7 Å². The highest BCUT2D eigenvalue weighted by atomic mass is 79.9. The van der Waals surface area contributed by atoms with E-state index in [0.29, 0.717) is 6.54 Å². The summed E-state index contributed by atoms with van der Waals surface area (Å²) in [5, 5.41) is 11.6. The predicted molar refractivity (Wildman–Crippen MR) is 88.5 cm³/mol. The van der Waals surface area contributed by atoms with Gasteiger partial charge in [-0.15, -0.1) is 16.8 Å². The summed E-state index contributed by atoms with van der Waals surface area (Å²) in [4.78, 5) is 11.9. The van der Waals surface area contributed by atoms with Crippen LogP contribution in [0.25, 0.3) is 0 Å². The minimum absolute atomic E-state index is 0.0758. The number of carbonyl (C=O) groups excluding carboxylic acids is 1. The molecule has 7 heteroatoms. The SMILES string of the molecule is C=CCn1c(C)nnc1SCC(=O)Nc1ccc(Br)cc1. The Morgan fingerprint density at radius 1 is 1.43 bits per heavy atom. The lowest BCUT2D eigenvalue weighted by Crippen LogP contribution is -2.14. The molecule has 0 radical (unpaired) electrons. The highest BCUT2D eigenvalue weighted by Gasteiger charge is 2.11. The zero-order chi connectivity index (χ0) is 15.2. The number of hydrogen-bond donors (Lipinski definition) is 1. The van der Waals surface area contributed by atoms with Crippen LogP contribution >= 0.6 is 27.7 Å². The van der Waals surface area contributed by atoms with Gasteiger partial charge in [-0.25, -0.2) is 0 Å². The van der Waals surface area contributed by atoms with Gasteiger partial charge in [0.25, 0.3) is 0 Å². The van der Waals surface area contributed by atoms with Crippen molar-refractivity contribution in [2.24, 2.45) is 0 Å². The van der Waals surface area contributed by atoms with E-state index >= 15 is 0 Å². The maximum absolute atomic E-state index is 11.9. The molecule has 0 aliphatic carbocycles. The summed E-state index contributed by atoms with van der Waals surface area (Å²) in [6.07, 6.45) is 1.78. The summed E-state index contributed by atoms with van der Waals surface area (Å²) >= 11 is 4.71. The van der Waals surface area contributed by atoms with Crippen LogP contribution in [0.15, 0.2) is 46.5 Å². The third-order valence-electron chi connectivity index (χ3n) is 2.67. The Morgan fingerprint density at radius 3 is 2.81 bits per heavy atom. The lowest BCUT2D eigenvalue weighted by molar-refractivity contribution is -0.113. The molecule has 0 aliphatic heterocycles. The molecular weight excluding hydrogens is 352 g/mol. The summed E-state index contributed by atoms with van der Waals surface area (Å²) in [6.45, 7) is 6.22. The Balaban J connectivity index is 1.92. The fourth-order valence-electron chi connectivity index (χ4n) is 1.67. The molecule has 21 heavy (non-hydrogen) atoms. The van der Waals surface area contributed by atoms with Crippen molar-refractivity contribution >= 4 is 39.3 Å². The van der Waals surface area contributed by atoms with Crippen LogP contribution < -0.4 is 5.32 Å². The minimum atomic E-state index is -0.0758. The van der Waals surface area contributed by atoms with Gasteiger partial charge in [0.1, 0.15) is 5.82 Å². The zero-order valence-electron chi connectivity index (χ0n) is 11.5. The molecule has 1 aromatic carbocycles. The Bertz CT molecular complexity index is 639. The fourth-order valence-corrected chi connectivity index (χ4v) is 2.73. The fraction of sp³-hybridized carbons (Fsp3) is 0.214. The molecule has 0 fully saturated rings. The van der Waals surface area contributed by atoms with Crippen LogP contribution in [0, 0.1) is 6.92 Å². The van der Waals surface area contributed by atoms with Crippen molar-refractivity contribution in [1.82, 2.24) is 14.8 Å². The van der Waals surface area contributed by atoms with Gasteiger partial charge in [-0.1, -0.05) is 33.8 Å². The van der Waals surface area contributed by atoms with Gasteiger partial charge >= 0.3 is 0 Å². The molecule has 110 valence electrons. The smallest absolute Gasteiger partial charge is 0.234 e. The number of nitrogens with one attached hydrogen (secondary N) is 1. The molecular formula is C14H15BrN4OS. The van der Waals surface area contributed by atoms with E-state index in [1.54, 1.807) is 6.08 Å². The number of anilines is 1. The first-order valence-corrected chi connectivity index (χ1v) is 8.07. The molecule has 0 saturated heterocycles. The number of rotatable bonds is 6. The summed E-state index contributed by atoms with van der Waals surface area (Å²) < 4.78 is 2.90. The quantitative estimate of drug-likeness (QED) is 0.629. The number of aromatic nitrogens is 3. The van der Waals surface area contributed by atoms with Crippen molar-refractivity contribution in [2.45, 2.75) is 18.6 Å². The van der Waals surface area contributed by atoms with Crippen LogP contribution in [0.4, 0.5) is 5.69 Å². The second kappa shape index (κ2) is 7.42. The van der Waals surface area contributed by atoms with Crippen molar-refractivity contribution in [3.63, 3.8) is 0 Å². The molecule has 0 spiro atoms. The molecule has 0 aliphatic rings. The largest absolute Gasteiger partial charge is 0.325 e. The standard InChI is InChI=1S/C14H15BrN4OS/c1-3-8-19-10(2)17-18-14(19)21-9-13(20)16-12-6-4-11(15)5-7-12/h3-7H,1,8-9H2,2H3,(H,16,20). The number of carbonyl (C=O) groups is 1. The van der Waals surface area contributed by atoms with Crippen molar-refractivity contribution in [3.8, 4) is 0 Å². The zero-order valence-corrected chi connectivity index (χ0v) is 13.9. The number of hydrogen-bond acceptors (Lipinski definition) is 4. The summed E-state index contributed by atoms with van der Waals surface area (Å²) in [6, 6.07) is 7.45. The Labute approximate surface area is 136 Å². The Hall–Kier alpha value is -1.60. The first-order chi connectivity index (χ1) is 10.1. The maximum Gasteiger partial charge on any atom is 0.234 e. The van der Waals surface area contributed by atoms with Crippen molar-refractivity contribution in [1.29, 1.82) is 0 Å². The van der Waals surface area contributed by atoms with Gasteiger partial charge in [-0.05, 0) is 31.2 Å². The molecule has 2 rings (SSSR count). The lowest BCUT2D eigenvalue weighted by atomic mass is 10.3. The number of halogens is 1. The lowest BCUT2D eigenvalue weighted by Gasteiger charge is -2.06. The number of thioether (sulfide) groups is 1. The number of benzene rings is 1. The van der Waals surface area contributed by atoms with Crippen LogP contribution in [-0.4, -0.2) is 26.4 Å².